The molecular formula is C11H25N3O2. The zero-order valence-electron chi connectivity index (χ0n) is 10.2. The van der Waals surface area contributed by atoms with E-state index >= 15 is 0 Å². The van der Waals surface area contributed by atoms with Gasteiger partial charge in [0.15, 0.2) is 0 Å². The summed E-state index contributed by atoms with van der Waals surface area (Å²) in [5.41, 5.74) is 5.32. The van der Waals surface area contributed by atoms with Crippen molar-refractivity contribution < 1.29 is 9.90 Å². The third-order valence-corrected chi connectivity index (χ3v) is 2.41. The van der Waals surface area contributed by atoms with Gasteiger partial charge in [-0.2, -0.15) is 0 Å². The van der Waals surface area contributed by atoms with E-state index in [0.717, 1.165) is 32.4 Å². The summed E-state index contributed by atoms with van der Waals surface area (Å²) in [5.74, 6) is -0.755. The maximum Gasteiger partial charge on any atom is 0.320 e. The standard InChI is InChI=1S/C11H25N3O2/c1-2-3-4-5-10(11(15)16)14-9-8-13-7-6-12/h10,13-14H,2-9,12H2,1H3,(H,15,16). The molecule has 0 saturated carbocycles. The van der Waals surface area contributed by atoms with Crippen LogP contribution in [0.25, 0.3) is 0 Å². The number of hydrogen-bond acceptors (Lipinski definition) is 4. The molecule has 0 aromatic carbocycles. The second kappa shape index (κ2) is 10.9. The first-order chi connectivity index (χ1) is 7.72. The quantitative estimate of drug-likeness (QED) is 0.380. The molecule has 5 N–H and O–H groups in total. The van der Waals surface area contributed by atoms with E-state index in [0.29, 0.717) is 19.5 Å². The van der Waals surface area contributed by atoms with Crippen molar-refractivity contribution in [1.82, 2.24) is 10.6 Å². The minimum absolute atomic E-state index is 0.411. The predicted octanol–water partition coefficient (Wildman–Crippen LogP) is 0.158. The van der Waals surface area contributed by atoms with Crippen molar-refractivity contribution in [3.05, 3.63) is 0 Å². The Balaban J connectivity index is 3.56. The van der Waals surface area contributed by atoms with Crippen LogP contribution in [-0.2, 0) is 4.79 Å². The molecule has 0 spiro atoms. The van der Waals surface area contributed by atoms with Gasteiger partial charge < -0.3 is 21.5 Å². The molecule has 0 radical (unpaired) electrons. The molecule has 0 aliphatic carbocycles. The Hall–Kier alpha value is -0.650. The van der Waals surface area contributed by atoms with Crippen molar-refractivity contribution in [3.63, 3.8) is 0 Å². The van der Waals surface area contributed by atoms with Gasteiger partial charge in [-0.05, 0) is 6.42 Å². The molecule has 0 rings (SSSR count). The lowest BCUT2D eigenvalue weighted by atomic mass is 10.1. The first-order valence-corrected chi connectivity index (χ1v) is 6.09. The summed E-state index contributed by atoms with van der Waals surface area (Å²) < 4.78 is 0. The van der Waals surface area contributed by atoms with Gasteiger partial charge >= 0.3 is 5.97 Å². The van der Waals surface area contributed by atoms with Crippen molar-refractivity contribution in [2.45, 2.75) is 38.6 Å². The van der Waals surface area contributed by atoms with E-state index in [1.165, 1.54) is 0 Å². The van der Waals surface area contributed by atoms with Crippen LogP contribution in [0.5, 0.6) is 0 Å². The van der Waals surface area contributed by atoms with E-state index in [4.69, 9.17) is 10.8 Å². The van der Waals surface area contributed by atoms with E-state index in [-0.39, 0.29) is 0 Å². The summed E-state index contributed by atoms with van der Waals surface area (Å²) in [5, 5.41) is 15.1. The third kappa shape index (κ3) is 8.64. The lowest BCUT2D eigenvalue weighted by Crippen LogP contribution is -2.40. The number of rotatable bonds is 11. The van der Waals surface area contributed by atoms with Crippen molar-refractivity contribution in [3.8, 4) is 0 Å². The molecule has 0 aromatic heterocycles. The zero-order valence-corrected chi connectivity index (χ0v) is 10.2. The van der Waals surface area contributed by atoms with Crippen LogP contribution in [0.3, 0.4) is 0 Å². The summed E-state index contributed by atoms with van der Waals surface area (Å²) in [6, 6.07) is -0.411. The van der Waals surface area contributed by atoms with E-state index in [2.05, 4.69) is 17.6 Å². The predicted molar refractivity (Wildman–Crippen MR) is 65.5 cm³/mol. The molecule has 0 aliphatic rings. The molecule has 0 fully saturated rings. The highest BCUT2D eigenvalue weighted by molar-refractivity contribution is 5.73. The molecule has 1 unspecified atom stereocenters. The molecule has 96 valence electrons. The molecule has 5 nitrogen and oxygen atoms in total. The highest BCUT2D eigenvalue weighted by atomic mass is 16.4. The average Bonchev–Trinajstić information content (AvgIpc) is 2.26. The fraction of sp³-hybridized carbons (Fsp3) is 0.909. The number of carboxylic acids is 1. The summed E-state index contributed by atoms with van der Waals surface area (Å²) in [6.07, 6.45) is 3.89. The fourth-order valence-corrected chi connectivity index (χ4v) is 1.47. The van der Waals surface area contributed by atoms with Gasteiger partial charge in [-0.25, -0.2) is 0 Å². The van der Waals surface area contributed by atoms with Crippen LogP contribution in [0.2, 0.25) is 0 Å². The molecular weight excluding hydrogens is 206 g/mol. The van der Waals surface area contributed by atoms with E-state index in [1.54, 1.807) is 0 Å². The highest BCUT2D eigenvalue weighted by Gasteiger charge is 2.14. The van der Waals surface area contributed by atoms with Gasteiger partial charge in [0.1, 0.15) is 6.04 Å². The molecule has 0 bridgehead atoms. The van der Waals surface area contributed by atoms with Gasteiger partial charge in [-0.3, -0.25) is 4.79 Å². The van der Waals surface area contributed by atoms with Gasteiger partial charge in [0.05, 0.1) is 0 Å². The van der Waals surface area contributed by atoms with Gasteiger partial charge in [-0.15, -0.1) is 0 Å². The topological polar surface area (TPSA) is 87.4 Å². The molecule has 0 aromatic rings. The van der Waals surface area contributed by atoms with E-state index in [1.807, 2.05) is 0 Å². The second-order valence-electron chi connectivity index (χ2n) is 3.88. The summed E-state index contributed by atoms with van der Waals surface area (Å²) in [7, 11) is 0. The maximum atomic E-state index is 10.9. The number of carboxylic acid groups (broad SMARTS) is 1. The van der Waals surface area contributed by atoms with Gasteiger partial charge in [0, 0.05) is 26.2 Å². The minimum Gasteiger partial charge on any atom is -0.480 e. The molecule has 16 heavy (non-hydrogen) atoms. The van der Waals surface area contributed by atoms with Crippen molar-refractivity contribution >= 4 is 5.97 Å². The first kappa shape index (κ1) is 15.3. The number of unbranched alkanes of at least 4 members (excludes halogenated alkanes) is 2. The molecule has 5 heteroatoms. The number of nitrogens with two attached hydrogens (primary N) is 1. The van der Waals surface area contributed by atoms with Crippen molar-refractivity contribution in [2.75, 3.05) is 26.2 Å². The largest absolute Gasteiger partial charge is 0.480 e. The van der Waals surface area contributed by atoms with Crippen LogP contribution >= 0.6 is 0 Å². The Morgan fingerprint density at radius 3 is 2.62 bits per heavy atom. The summed E-state index contributed by atoms with van der Waals surface area (Å²) in [6.45, 7) is 4.92. The normalized spacial score (nSPS) is 12.6. The molecule has 1 atom stereocenters. The van der Waals surface area contributed by atoms with Gasteiger partial charge in [0.25, 0.3) is 0 Å². The van der Waals surface area contributed by atoms with Crippen molar-refractivity contribution in [2.24, 2.45) is 5.73 Å². The number of aliphatic carboxylic acids is 1. The van der Waals surface area contributed by atoms with Crippen molar-refractivity contribution in [1.29, 1.82) is 0 Å². The summed E-state index contributed by atoms with van der Waals surface area (Å²) in [4.78, 5) is 10.9. The third-order valence-electron chi connectivity index (χ3n) is 2.41. The molecule has 0 saturated heterocycles. The molecule has 0 aliphatic heterocycles. The van der Waals surface area contributed by atoms with E-state index in [9.17, 15) is 4.79 Å². The lowest BCUT2D eigenvalue weighted by Gasteiger charge is -2.14. The van der Waals surface area contributed by atoms with Crippen LogP contribution in [0.15, 0.2) is 0 Å². The Kier molecular flexibility index (Phi) is 10.4. The number of hydrogen-bond donors (Lipinski definition) is 4. The lowest BCUT2D eigenvalue weighted by molar-refractivity contribution is -0.139. The van der Waals surface area contributed by atoms with Gasteiger partial charge in [-0.1, -0.05) is 26.2 Å². The Morgan fingerprint density at radius 2 is 2.06 bits per heavy atom. The van der Waals surface area contributed by atoms with Crippen LogP contribution in [0.4, 0.5) is 0 Å². The Labute approximate surface area is 97.8 Å². The highest BCUT2D eigenvalue weighted by Crippen LogP contribution is 2.03. The van der Waals surface area contributed by atoms with Gasteiger partial charge in [0.2, 0.25) is 0 Å². The Morgan fingerprint density at radius 1 is 1.31 bits per heavy atom. The average molecular weight is 231 g/mol. The van der Waals surface area contributed by atoms with Crippen LogP contribution in [0.1, 0.15) is 32.6 Å². The Bertz CT molecular complexity index is 177. The fourth-order valence-electron chi connectivity index (χ4n) is 1.47. The second-order valence-corrected chi connectivity index (χ2v) is 3.88. The number of nitrogens with one attached hydrogen (secondary N) is 2. The van der Waals surface area contributed by atoms with Crippen LogP contribution in [0, 0.1) is 0 Å². The molecule has 0 heterocycles. The minimum atomic E-state index is -0.755. The zero-order chi connectivity index (χ0) is 12.2. The smallest absolute Gasteiger partial charge is 0.320 e. The maximum absolute atomic E-state index is 10.9. The number of carbonyl (C=O) groups is 1. The molecule has 0 amide bonds. The van der Waals surface area contributed by atoms with E-state index < -0.39 is 12.0 Å². The van der Waals surface area contributed by atoms with Crippen LogP contribution < -0.4 is 16.4 Å². The van der Waals surface area contributed by atoms with Crippen LogP contribution in [-0.4, -0.2) is 43.3 Å². The monoisotopic (exact) mass is 231 g/mol. The summed E-state index contributed by atoms with van der Waals surface area (Å²) >= 11 is 0. The first-order valence-electron chi connectivity index (χ1n) is 6.09. The SMILES string of the molecule is CCCCCC(NCCNCCN)C(=O)O.